The van der Waals surface area contributed by atoms with Crippen LogP contribution in [0, 0.1) is 5.92 Å². The number of thiophene rings is 1. The summed E-state index contributed by atoms with van der Waals surface area (Å²) >= 11 is 1.79. The fourth-order valence-electron chi connectivity index (χ4n) is 4.56. The van der Waals surface area contributed by atoms with Crippen LogP contribution in [0.5, 0.6) is 0 Å². The van der Waals surface area contributed by atoms with Crippen LogP contribution in [0.1, 0.15) is 45.7 Å². The lowest BCUT2D eigenvalue weighted by atomic mass is 9.82. The van der Waals surface area contributed by atoms with Gasteiger partial charge < -0.3 is 0 Å². The van der Waals surface area contributed by atoms with Crippen LogP contribution in [-0.2, 0) is 11.8 Å². The third kappa shape index (κ3) is 4.30. The van der Waals surface area contributed by atoms with E-state index >= 15 is 0 Å². The fraction of sp³-hybridized carbons (Fsp3) is 0.267. The zero-order chi connectivity index (χ0) is 23.2. The zero-order valence-electron chi connectivity index (χ0n) is 20.0. The van der Waals surface area contributed by atoms with Crippen LogP contribution in [0.25, 0.3) is 43.4 Å². The van der Waals surface area contributed by atoms with E-state index in [0.29, 0.717) is 5.92 Å². The number of aromatic nitrogens is 2. The van der Waals surface area contributed by atoms with Crippen molar-refractivity contribution in [1.82, 2.24) is 9.97 Å². The van der Waals surface area contributed by atoms with Crippen molar-refractivity contribution >= 4 is 32.3 Å². The van der Waals surface area contributed by atoms with Gasteiger partial charge in [0.05, 0.1) is 15.9 Å². The molecule has 0 atom stereocenters. The first-order valence-electron chi connectivity index (χ1n) is 11.7. The molecule has 5 aromatic rings. The smallest absolute Gasteiger partial charge is 0.0842 e. The second-order valence-electron chi connectivity index (χ2n) is 10.4. The monoisotopic (exact) mass is 450 g/mol. The molecule has 0 aliphatic rings. The molecule has 3 heteroatoms. The zero-order valence-corrected chi connectivity index (χ0v) is 20.8. The van der Waals surface area contributed by atoms with Crippen LogP contribution in [0.15, 0.2) is 72.4 Å². The highest BCUT2D eigenvalue weighted by Gasteiger charge is 2.19. The van der Waals surface area contributed by atoms with Gasteiger partial charge in [-0.3, -0.25) is 9.97 Å². The fourth-order valence-corrected chi connectivity index (χ4v) is 5.52. The minimum atomic E-state index is 0.0506. The van der Waals surface area contributed by atoms with Gasteiger partial charge in [-0.2, -0.15) is 0 Å². The molecule has 0 amide bonds. The van der Waals surface area contributed by atoms with Crippen LogP contribution < -0.4 is 0 Å². The van der Waals surface area contributed by atoms with Crippen LogP contribution >= 0.6 is 11.3 Å². The molecule has 0 bridgehead atoms. The molecule has 3 heterocycles. The Hall–Kier alpha value is -3.04. The van der Waals surface area contributed by atoms with Crippen molar-refractivity contribution in [2.75, 3.05) is 0 Å². The van der Waals surface area contributed by atoms with Crippen molar-refractivity contribution in [2.24, 2.45) is 5.92 Å². The van der Waals surface area contributed by atoms with Crippen molar-refractivity contribution < 1.29 is 0 Å². The van der Waals surface area contributed by atoms with Crippen molar-refractivity contribution in [3.05, 3.63) is 83.5 Å². The van der Waals surface area contributed by atoms with Crippen LogP contribution in [0.2, 0.25) is 0 Å². The van der Waals surface area contributed by atoms with Gasteiger partial charge in [0.25, 0.3) is 0 Å². The first kappa shape index (κ1) is 21.8. The standard InChI is InChI=1S/C30H30N2S/c1-19(2)12-24-18-33-28-16-23(17-32-29(24)28)20-10-11-31-27(15-20)22-13-21-8-6-7-9-25(21)26(14-22)30(3,4)5/h6-11,13-19H,12H2,1-5H3. The topological polar surface area (TPSA) is 25.8 Å². The molecule has 2 aromatic carbocycles. The van der Waals surface area contributed by atoms with E-state index in [9.17, 15) is 0 Å². The molecule has 0 aliphatic carbocycles. The highest BCUT2D eigenvalue weighted by atomic mass is 32.1. The summed E-state index contributed by atoms with van der Waals surface area (Å²) in [6, 6.07) is 19.8. The molecule has 2 nitrogen and oxygen atoms in total. The van der Waals surface area contributed by atoms with E-state index in [1.165, 1.54) is 26.6 Å². The summed E-state index contributed by atoms with van der Waals surface area (Å²) in [5, 5.41) is 4.84. The maximum atomic E-state index is 4.85. The normalized spacial score (nSPS) is 12.2. The predicted octanol–water partition coefficient (Wildman–Crippen LogP) is 8.67. The van der Waals surface area contributed by atoms with E-state index in [-0.39, 0.29) is 5.41 Å². The lowest BCUT2D eigenvalue weighted by Crippen LogP contribution is -2.12. The molecule has 5 rings (SSSR count). The summed E-state index contributed by atoms with van der Waals surface area (Å²) in [5.74, 6) is 0.631. The minimum absolute atomic E-state index is 0.0506. The van der Waals surface area contributed by atoms with Crippen LogP contribution in [0.4, 0.5) is 0 Å². The van der Waals surface area contributed by atoms with Gasteiger partial charge in [0.1, 0.15) is 0 Å². The Bertz CT molecular complexity index is 1450. The number of fused-ring (bicyclic) bond motifs is 2. The lowest BCUT2D eigenvalue weighted by molar-refractivity contribution is 0.596. The first-order chi connectivity index (χ1) is 15.8. The number of hydrogen-bond donors (Lipinski definition) is 0. The van der Waals surface area contributed by atoms with E-state index in [0.717, 1.165) is 34.3 Å². The van der Waals surface area contributed by atoms with Gasteiger partial charge in [0.15, 0.2) is 0 Å². The van der Waals surface area contributed by atoms with Gasteiger partial charge in [-0.25, -0.2) is 0 Å². The molecule has 0 saturated carbocycles. The van der Waals surface area contributed by atoms with Crippen LogP contribution in [0.3, 0.4) is 0 Å². The van der Waals surface area contributed by atoms with Gasteiger partial charge in [0.2, 0.25) is 0 Å². The highest BCUT2D eigenvalue weighted by Crippen LogP contribution is 2.36. The molecular formula is C30H30N2S. The Morgan fingerprint density at radius 2 is 1.70 bits per heavy atom. The van der Waals surface area contributed by atoms with Crippen molar-refractivity contribution in [3.8, 4) is 22.4 Å². The van der Waals surface area contributed by atoms with E-state index in [2.05, 4.69) is 94.6 Å². The molecule has 166 valence electrons. The van der Waals surface area contributed by atoms with E-state index in [1.54, 1.807) is 11.3 Å². The maximum Gasteiger partial charge on any atom is 0.0842 e. The number of benzene rings is 2. The third-order valence-corrected chi connectivity index (χ3v) is 7.14. The Morgan fingerprint density at radius 3 is 2.48 bits per heavy atom. The average molecular weight is 451 g/mol. The van der Waals surface area contributed by atoms with E-state index in [4.69, 9.17) is 9.97 Å². The second-order valence-corrected chi connectivity index (χ2v) is 11.3. The van der Waals surface area contributed by atoms with Crippen molar-refractivity contribution in [1.29, 1.82) is 0 Å². The Morgan fingerprint density at radius 1 is 0.879 bits per heavy atom. The molecule has 0 N–H and O–H groups in total. The summed E-state index contributed by atoms with van der Waals surface area (Å²) in [6.45, 7) is 11.3. The van der Waals surface area contributed by atoms with Gasteiger partial charge >= 0.3 is 0 Å². The second kappa shape index (κ2) is 8.39. The summed E-state index contributed by atoms with van der Waals surface area (Å²) in [4.78, 5) is 9.60. The van der Waals surface area contributed by atoms with E-state index < -0.39 is 0 Å². The van der Waals surface area contributed by atoms with Crippen LogP contribution in [-0.4, -0.2) is 9.97 Å². The number of rotatable bonds is 4. The SMILES string of the molecule is CC(C)Cc1csc2cc(-c3ccnc(-c4cc(C(C)(C)C)c5ccccc5c4)c3)cnc12. The summed E-state index contributed by atoms with van der Waals surface area (Å²) in [7, 11) is 0. The number of nitrogens with zero attached hydrogens (tertiary/aromatic N) is 2. The summed E-state index contributed by atoms with van der Waals surface area (Å²) in [6.07, 6.45) is 5.00. The summed E-state index contributed by atoms with van der Waals surface area (Å²) in [5.41, 5.74) is 8.35. The molecule has 3 aromatic heterocycles. The lowest BCUT2D eigenvalue weighted by Gasteiger charge is -2.22. The molecule has 0 fully saturated rings. The Balaban J connectivity index is 1.58. The Labute approximate surface area is 200 Å². The van der Waals surface area contributed by atoms with E-state index in [1.807, 2.05) is 12.4 Å². The molecule has 0 radical (unpaired) electrons. The largest absolute Gasteiger partial charge is 0.256 e. The van der Waals surface area contributed by atoms with Crippen molar-refractivity contribution in [3.63, 3.8) is 0 Å². The molecular weight excluding hydrogens is 420 g/mol. The first-order valence-corrected chi connectivity index (χ1v) is 12.5. The van der Waals surface area contributed by atoms with Gasteiger partial charge in [-0.05, 0) is 80.9 Å². The van der Waals surface area contributed by atoms with Gasteiger partial charge in [-0.15, -0.1) is 11.3 Å². The minimum Gasteiger partial charge on any atom is -0.256 e. The van der Waals surface area contributed by atoms with Gasteiger partial charge in [0, 0.05) is 23.5 Å². The highest BCUT2D eigenvalue weighted by molar-refractivity contribution is 7.17. The molecule has 0 unspecified atom stereocenters. The van der Waals surface area contributed by atoms with Crippen molar-refractivity contribution in [2.45, 2.75) is 46.5 Å². The number of pyridine rings is 2. The maximum absolute atomic E-state index is 4.85. The molecule has 33 heavy (non-hydrogen) atoms. The predicted molar refractivity (Wildman–Crippen MR) is 143 cm³/mol. The molecule has 0 aliphatic heterocycles. The number of hydrogen-bond acceptors (Lipinski definition) is 3. The quantitative estimate of drug-likeness (QED) is 0.274. The third-order valence-electron chi connectivity index (χ3n) is 6.17. The Kier molecular flexibility index (Phi) is 5.54. The summed E-state index contributed by atoms with van der Waals surface area (Å²) < 4.78 is 1.25. The molecule has 0 spiro atoms. The molecule has 0 saturated heterocycles. The average Bonchev–Trinajstić information content (AvgIpc) is 3.19. The van der Waals surface area contributed by atoms with Gasteiger partial charge in [-0.1, -0.05) is 58.9 Å².